The lowest BCUT2D eigenvalue weighted by molar-refractivity contribution is -0.137. The second kappa shape index (κ2) is 8.72. The topological polar surface area (TPSA) is 95.8 Å². The first kappa shape index (κ1) is 18.3. The Morgan fingerprint density at radius 1 is 1.17 bits per heavy atom. The number of nitrogens with one attached hydrogen (secondary N) is 1. The zero-order valence-corrected chi connectivity index (χ0v) is 14.7. The van der Waals surface area contributed by atoms with Crippen molar-refractivity contribution < 1.29 is 18.9 Å². The van der Waals surface area contributed by atoms with E-state index in [0.29, 0.717) is 44.2 Å². The molecule has 2 heterocycles. The van der Waals surface area contributed by atoms with E-state index in [1.807, 2.05) is 6.92 Å². The van der Waals surface area contributed by atoms with Crippen LogP contribution in [0.15, 0.2) is 10.6 Å². The molecule has 0 saturated carbocycles. The Balaban J connectivity index is 1.65. The summed E-state index contributed by atoms with van der Waals surface area (Å²) in [6, 6.07) is 1.63. The molecule has 0 unspecified atom stereocenters. The summed E-state index contributed by atoms with van der Waals surface area (Å²) >= 11 is 1.26. The molecule has 24 heavy (non-hydrogen) atoms. The van der Waals surface area contributed by atoms with Crippen molar-refractivity contribution in [3.63, 3.8) is 0 Å². The smallest absolute Gasteiger partial charge is 0.235 e. The number of anilines is 1. The maximum Gasteiger partial charge on any atom is 0.235 e. The summed E-state index contributed by atoms with van der Waals surface area (Å²) < 4.78 is 4.86. The van der Waals surface area contributed by atoms with Crippen molar-refractivity contribution in [1.29, 1.82) is 0 Å². The highest BCUT2D eigenvalue weighted by molar-refractivity contribution is 8.00. The first-order valence-electron chi connectivity index (χ1n) is 7.86. The van der Waals surface area contributed by atoms with Crippen LogP contribution in [0.25, 0.3) is 0 Å². The molecule has 0 atom stereocenters. The minimum absolute atomic E-state index is 0.00585. The SMILES string of the molecule is CCC(=O)N1CCN(C(=O)CSCC(=O)Nc2cc(C)on2)CC1. The predicted molar refractivity (Wildman–Crippen MR) is 90.6 cm³/mol. The molecule has 2 rings (SSSR count). The molecule has 0 aliphatic carbocycles. The molecule has 1 saturated heterocycles. The number of nitrogens with zero attached hydrogens (tertiary/aromatic N) is 3. The lowest BCUT2D eigenvalue weighted by Gasteiger charge is -2.34. The fourth-order valence-electron chi connectivity index (χ4n) is 2.36. The van der Waals surface area contributed by atoms with Crippen molar-refractivity contribution in [3.8, 4) is 0 Å². The summed E-state index contributed by atoms with van der Waals surface area (Å²) in [6.07, 6.45) is 0.490. The van der Waals surface area contributed by atoms with Crippen LogP contribution in [0.2, 0.25) is 0 Å². The molecule has 1 aromatic rings. The monoisotopic (exact) mass is 354 g/mol. The predicted octanol–water partition coefficient (Wildman–Crippen LogP) is 0.736. The molecule has 132 valence electrons. The Morgan fingerprint density at radius 2 is 1.79 bits per heavy atom. The third kappa shape index (κ3) is 5.26. The van der Waals surface area contributed by atoms with Crippen molar-refractivity contribution in [1.82, 2.24) is 15.0 Å². The van der Waals surface area contributed by atoms with Gasteiger partial charge in [0, 0.05) is 38.7 Å². The van der Waals surface area contributed by atoms with Crippen LogP contribution in [-0.2, 0) is 14.4 Å². The zero-order chi connectivity index (χ0) is 17.5. The van der Waals surface area contributed by atoms with E-state index in [1.54, 1.807) is 22.8 Å². The highest BCUT2D eigenvalue weighted by Crippen LogP contribution is 2.10. The van der Waals surface area contributed by atoms with Gasteiger partial charge in [-0.2, -0.15) is 0 Å². The van der Waals surface area contributed by atoms with Gasteiger partial charge in [0.25, 0.3) is 0 Å². The van der Waals surface area contributed by atoms with Crippen molar-refractivity contribution in [2.75, 3.05) is 43.0 Å². The summed E-state index contributed by atoms with van der Waals surface area (Å²) in [7, 11) is 0. The Labute approximate surface area is 144 Å². The van der Waals surface area contributed by atoms with Gasteiger partial charge in [-0.3, -0.25) is 14.4 Å². The molecule has 0 spiro atoms. The Morgan fingerprint density at radius 3 is 2.33 bits per heavy atom. The van der Waals surface area contributed by atoms with E-state index in [0.717, 1.165) is 0 Å². The highest BCUT2D eigenvalue weighted by atomic mass is 32.2. The molecule has 0 bridgehead atoms. The molecule has 1 aliphatic rings. The van der Waals surface area contributed by atoms with Crippen LogP contribution < -0.4 is 5.32 Å². The Bertz CT molecular complexity index is 596. The lowest BCUT2D eigenvalue weighted by Crippen LogP contribution is -2.51. The van der Waals surface area contributed by atoms with Crippen LogP contribution in [-0.4, -0.2) is 70.4 Å². The first-order valence-corrected chi connectivity index (χ1v) is 9.01. The van der Waals surface area contributed by atoms with Crippen LogP contribution >= 0.6 is 11.8 Å². The summed E-state index contributed by atoms with van der Waals surface area (Å²) in [5.41, 5.74) is 0. The van der Waals surface area contributed by atoms with Gasteiger partial charge in [-0.15, -0.1) is 11.8 Å². The number of carbonyl (C=O) groups excluding carboxylic acids is 3. The number of aromatic nitrogens is 1. The summed E-state index contributed by atoms with van der Waals surface area (Å²) in [4.78, 5) is 39.0. The number of hydrogen-bond acceptors (Lipinski definition) is 6. The molecule has 1 aromatic heterocycles. The van der Waals surface area contributed by atoms with E-state index >= 15 is 0 Å². The fourth-order valence-corrected chi connectivity index (χ4v) is 3.07. The van der Waals surface area contributed by atoms with Gasteiger partial charge < -0.3 is 19.6 Å². The van der Waals surface area contributed by atoms with Gasteiger partial charge in [0.15, 0.2) is 5.82 Å². The van der Waals surface area contributed by atoms with Crippen molar-refractivity contribution >= 4 is 35.3 Å². The van der Waals surface area contributed by atoms with E-state index in [4.69, 9.17) is 4.52 Å². The maximum atomic E-state index is 12.1. The third-order valence-corrected chi connectivity index (χ3v) is 4.56. The maximum absolute atomic E-state index is 12.1. The van der Waals surface area contributed by atoms with Crippen molar-refractivity contribution in [2.45, 2.75) is 20.3 Å². The number of aryl methyl sites for hydroxylation is 1. The summed E-state index contributed by atoms with van der Waals surface area (Å²) in [5, 5.41) is 6.28. The average Bonchev–Trinajstić information content (AvgIpc) is 2.98. The van der Waals surface area contributed by atoms with Gasteiger partial charge in [0.05, 0.1) is 11.5 Å². The van der Waals surface area contributed by atoms with E-state index in [9.17, 15) is 14.4 Å². The summed E-state index contributed by atoms with van der Waals surface area (Å²) in [6.45, 7) is 5.83. The van der Waals surface area contributed by atoms with E-state index in [2.05, 4.69) is 10.5 Å². The molecule has 8 nitrogen and oxygen atoms in total. The lowest BCUT2D eigenvalue weighted by atomic mass is 10.3. The molecule has 1 aliphatic heterocycles. The number of amides is 3. The van der Waals surface area contributed by atoms with Gasteiger partial charge in [0.1, 0.15) is 5.76 Å². The number of hydrogen-bond donors (Lipinski definition) is 1. The van der Waals surface area contributed by atoms with E-state index < -0.39 is 0 Å². The van der Waals surface area contributed by atoms with Crippen LogP contribution in [0, 0.1) is 6.92 Å². The quantitative estimate of drug-likeness (QED) is 0.809. The zero-order valence-electron chi connectivity index (χ0n) is 13.9. The fraction of sp³-hybridized carbons (Fsp3) is 0.600. The van der Waals surface area contributed by atoms with E-state index in [-0.39, 0.29) is 29.2 Å². The molecule has 9 heteroatoms. The number of carbonyl (C=O) groups is 3. The van der Waals surface area contributed by atoms with Gasteiger partial charge in [0.2, 0.25) is 17.7 Å². The van der Waals surface area contributed by atoms with E-state index in [1.165, 1.54) is 11.8 Å². The third-order valence-electron chi connectivity index (χ3n) is 3.64. The molecule has 0 radical (unpaired) electrons. The molecule has 1 fully saturated rings. The second-order valence-electron chi connectivity index (χ2n) is 5.48. The highest BCUT2D eigenvalue weighted by Gasteiger charge is 2.23. The number of piperazine rings is 1. The molecular formula is C15H22N4O4S. The van der Waals surface area contributed by atoms with Gasteiger partial charge in [-0.1, -0.05) is 12.1 Å². The Hall–Kier alpha value is -2.03. The minimum atomic E-state index is -0.223. The molecule has 0 aromatic carbocycles. The second-order valence-corrected chi connectivity index (χ2v) is 6.46. The van der Waals surface area contributed by atoms with Gasteiger partial charge >= 0.3 is 0 Å². The van der Waals surface area contributed by atoms with Crippen LogP contribution in [0.4, 0.5) is 5.82 Å². The normalized spacial score (nSPS) is 14.6. The summed E-state index contributed by atoms with van der Waals surface area (Å²) in [5.74, 6) is 1.30. The van der Waals surface area contributed by atoms with Crippen molar-refractivity contribution in [2.24, 2.45) is 0 Å². The standard InChI is InChI=1S/C15H22N4O4S/c1-3-14(21)18-4-6-19(7-5-18)15(22)10-24-9-13(20)16-12-8-11(2)23-17-12/h8H,3-7,9-10H2,1-2H3,(H,16,17,20). The molecule has 1 N–H and O–H groups in total. The molecule has 3 amide bonds. The average molecular weight is 354 g/mol. The van der Waals surface area contributed by atoms with Crippen molar-refractivity contribution in [3.05, 3.63) is 11.8 Å². The van der Waals surface area contributed by atoms with Crippen LogP contribution in [0.3, 0.4) is 0 Å². The van der Waals surface area contributed by atoms with Crippen LogP contribution in [0.1, 0.15) is 19.1 Å². The van der Waals surface area contributed by atoms with Crippen LogP contribution in [0.5, 0.6) is 0 Å². The number of rotatable bonds is 6. The van der Waals surface area contributed by atoms with Gasteiger partial charge in [-0.05, 0) is 6.92 Å². The molecular weight excluding hydrogens is 332 g/mol. The number of thioether (sulfide) groups is 1. The largest absolute Gasteiger partial charge is 0.360 e. The Kier molecular flexibility index (Phi) is 6.65. The minimum Gasteiger partial charge on any atom is -0.360 e. The first-order chi connectivity index (χ1) is 11.5. The van der Waals surface area contributed by atoms with Gasteiger partial charge in [-0.25, -0.2) is 0 Å².